The Morgan fingerprint density at radius 2 is 0.500 bits per heavy atom. The summed E-state index contributed by atoms with van der Waals surface area (Å²) in [6.07, 6.45) is 0.0325. The highest BCUT2D eigenvalue weighted by atomic mass is 31.2. The molecule has 16 rings (SSSR count). The second-order valence-corrected chi connectivity index (χ2v) is 39.6. The van der Waals surface area contributed by atoms with E-state index in [9.17, 15) is 8.96 Å². The summed E-state index contributed by atoms with van der Waals surface area (Å²) < 4.78 is 199. The predicted molar refractivity (Wildman–Crippen MR) is 505 cm³/mol. The van der Waals surface area contributed by atoms with Crippen molar-refractivity contribution >= 4 is 58.6 Å². The normalized spacial score (nSPS) is 11.3. The molecule has 682 valence electrons. The molecular weight excluding hydrogens is 1780 g/mol. The van der Waals surface area contributed by atoms with Gasteiger partial charge in [0.1, 0.15) is 99.5 Å². The van der Waals surface area contributed by atoms with Crippen LogP contribution in [-0.4, -0.2) is 83.6 Å². The van der Waals surface area contributed by atoms with E-state index in [1.807, 2.05) is 64.1 Å². The first-order valence-electron chi connectivity index (χ1n) is 42.3. The number of hydrogen-bond acceptors (Lipinski definition) is 22. The molecule has 0 aliphatic heterocycles. The molecule has 3 aromatic heterocycles. The lowest BCUT2D eigenvalue weighted by Crippen LogP contribution is -2.31. The third kappa shape index (κ3) is 22.0. The minimum Gasteiger partial charge on any atom is -0.496 e. The zero-order chi connectivity index (χ0) is 95.0. The third-order valence-electron chi connectivity index (χ3n) is 20.6. The Balaban J connectivity index is 0.000000165. The Labute approximate surface area is 770 Å². The number of rotatable bonds is 30. The maximum absolute atomic E-state index is 17.3. The van der Waals surface area contributed by atoms with Gasteiger partial charge < -0.3 is 61.1 Å². The number of nitrogens with zero attached hydrogens (tertiary/aromatic N) is 9. The van der Waals surface area contributed by atoms with Gasteiger partial charge in [0, 0.05) is 33.5 Å². The zero-order valence-corrected chi connectivity index (χ0v) is 77.4. The van der Waals surface area contributed by atoms with Gasteiger partial charge in [-0.05, 0) is 260 Å². The third-order valence-corrected chi connectivity index (χ3v) is 30.0. The van der Waals surface area contributed by atoms with E-state index in [1.54, 1.807) is 260 Å². The molecule has 22 nitrogen and oxygen atoms in total. The van der Waals surface area contributed by atoms with Gasteiger partial charge >= 0.3 is 36.1 Å². The van der Waals surface area contributed by atoms with Crippen LogP contribution in [0.1, 0.15) is 63.8 Å². The summed E-state index contributed by atoms with van der Waals surface area (Å²) in [7, 11) is -8.73. The molecule has 0 amide bonds. The molecule has 0 unspecified atom stereocenters. The molecule has 0 bridgehead atoms. The van der Waals surface area contributed by atoms with Crippen LogP contribution in [0.25, 0.3) is 34.2 Å². The molecule has 13 aromatic carbocycles. The highest BCUT2D eigenvalue weighted by Gasteiger charge is 2.41. The smallest absolute Gasteiger partial charge is 0.328 e. The van der Waals surface area contributed by atoms with Crippen molar-refractivity contribution < 1.29 is 87.4 Å². The first kappa shape index (κ1) is 95.3. The van der Waals surface area contributed by atoms with Gasteiger partial charge in [-0.2, -0.15) is 29.9 Å². The first-order valence-corrected chi connectivity index (χ1v) is 47.8. The Hall–Kier alpha value is -14.8. The van der Waals surface area contributed by atoms with Crippen molar-refractivity contribution in [3.8, 4) is 128 Å². The van der Waals surface area contributed by atoms with Gasteiger partial charge in [0.2, 0.25) is 0 Å². The number of halogens is 6. The van der Waals surface area contributed by atoms with Crippen LogP contribution in [0.2, 0.25) is 0 Å². The Morgan fingerprint density at radius 1 is 0.276 bits per heavy atom. The van der Waals surface area contributed by atoms with E-state index in [-0.39, 0.29) is 116 Å². The molecule has 3 heterocycles. The fourth-order valence-electron chi connectivity index (χ4n) is 14.5. The molecule has 0 atom stereocenters. The number of methoxy groups -OCH3 is 2. The lowest BCUT2D eigenvalue weighted by atomic mass is 10.1. The van der Waals surface area contributed by atoms with Crippen molar-refractivity contribution in [2.24, 2.45) is 0 Å². The summed E-state index contributed by atoms with van der Waals surface area (Å²) in [5.74, 6) is -1.85. The average Bonchev–Trinajstić information content (AvgIpc) is 0.737. The van der Waals surface area contributed by atoms with Crippen molar-refractivity contribution in [1.29, 1.82) is 0 Å². The van der Waals surface area contributed by atoms with Crippen LogP contribution in [0.3, 0.4) is 0 Å². The van der Waals surface area contributed by atoms with Crippen LogP contribution in [0.4, 0.5) is 26.3 Å². The fourth-order valence-corrected chi connectivity index (χ4v) is 22.4. The number of ether oxygens (including phenoxy) is 10. The van der Waals surface area contributed by atoms with Crippen LogP contribution in [0.15, 0.2) is 291 Å². The van der Waals surface area contributed by atoms with Gasteiger partial charge in [0.15, 0.2) is 31.8 Å². The summed E-state index contributed by atoms with van der Waals surface area (Å²) in [6.45, 7) is 18.0. The lowest BCUT2D eigenvalue weighted by Gasteiger charge is -2.25. The maximum atomic E-state index is 17.3. The van der Waals surface area contributed by atoms with Crippen LogP contribution < -0.4 is 84.5 Å². The molecule has 31 heteroatoms. The molecule has 0 saturated carbocycles. The van der Waals surface area contributed by atoms with Crippen molar-refractivity contribution in [1.82, 2.24) is 44.9 Å². The van der Waals surface area contributed by atoms with Crippen molar-refractivity contribution in [3.05, 3.63) is 348 Å². The molecule has 0 fully saturated rings. The van der Waals surface area contributed by atoms with Gasteiger partial charge in [0.25, 0.3) is 0 Å². The van der Waals surface area contributed by atoms with Gasteiger partial charge in [-0.3, -0.25) is 0 Å². The molecule has 0 aliphatic carbocycles. The van der Waals surface area contributed by atoms with Crippen molar-refractivity contribution in [2.75, 3.05) is 26.5 Å². The number of aryl methyl sites for hydroxylation is 4. The van der Waals surface area contributed by atoms with Gasteiger partial charge in [-0.15, -0.1) is 15.0 Å². The largest absolute Gasteiger partial charge is 0.496 e. The first-order chi connectivity index (χ1) is 64.5. The van der Waals surface area contributed by atoms with E-state index in [0.29, 0.717) is 79.7 Å². The second kappa shape index (κ2) is 42.6. The standard InChI is InChI=1S/2C39H34F2N3O5P.C25H22F2N3O3P/c1-23-19-29(20-24(2)34(23)46-5)50(45,30-21-25(3)35(47-6)26(4)22-30)36-32(40)18-17-31(33(36)41)37-42-38(48-27-13-9-7-10-14-27)44-39(43-37)49-28-15-11-8-12-16-28;1-25(2)46-29-15-19-31(20-16-29)50(45,32-21-17-30(18-22-32)47-26(3)4)36-34(40)24-23-33(35(36)41)37-42-38(48-27-11-7-5-8-12-27)44-39(43-37)49-28-13-9-6-10-14-28;1-3-34(31,4-2)22-20(26)16-15-19(21(22)27)23-28-24(32-17-11-7-5-8-12-17)30-25(29-23)33-18-13-9-6-10-14-18/h7-22H,1-6H3;5-26H,1-4H3;5-16H,3-4H2,1-2H3. The summed E-state index contributed by atoms with van der Waals surface area (Å²) >= 11 is 0. The predicted octanol–water partition coefficient (Wildman–Crippen LogP) is 23.3. The molecular formula is C103H90F6N9O13P3. The molecule has 16 aromatic rings. The van der Waals surface area contributed by atoms with E-state index in [1.165, 1.54) is 32.4 Å². The van der Waals surface area contributed by atoms with Gasteiger partial charge in [-0.25, -0.2) is 26.3 Å². The molecule has 0 radical (unpaired) electrons. The van der Waals surface area contributed by atoms with Crippen LogP contribution >= 0.6 is 21.4 Å². The summed E-state index contributed by atoms with van der Waals surface area (Å²) in [4.78, 5) is 38.7. The molecule has 0 spiro atoms. The lowest BCUT2D eigenvalue weighted by molar-refractivity contribution is 0.242. The minimum absolute atomic E-state index is 0.111. The summed E-state index contributed by atoms with van der Waals surface area (Å²) in [5.41, 5.74) is 2.03. The second-order valence-electron chi connectivity index (χ2n) is 30.7. The van der Waals surface area contributed by atoms with Crippen LogP contribution in [0.5, 0.6) is 93.6 Å². The average molecular weight is 1870 g/mol. The molecule has 0 aliphatic rings. The van der Waals surface area contributed by atoms with E-state index in [4.69, 9.17) is 47.4 Å². The Bertz CT molecular complexity index is 6650. The molecule has 0 saturated heterocycles. The number of para-hydroxylation sites is 6. The van der Waals surface area contributed by atoms with Crippen LogP contribution in [-0.2, 0) is 13.7 Å². The number of benzene rings is 13. The quantitative estimate of drug-likeness (QED) is 0.0299. The molecule has 134 heavy (non-hydrogen) atoms. The maximum Gasteiger partial charge on any atom is 0.328 e. The van der Waals surface area contributed by atoms with Crippen LogP contribution in [0, 0.1) is 62.6 Å². The van der Waals surface area contributed by atoms with E-state index in [2.05, 4.69) is 44.9 Å². The summed E-state index contributed by atoms with van der Waals surface area (Å²) in [6, 6.07) is 77.7. The Kier molecular flexibility index (Phi) is 30.3. The summed E-state index contributed by atoms with van der Waals surface area (Å²) in [5, 5.41) is -0.851. The molecule has 0 N–H and O–H groups in total. The van der Waals surface area contributed by atoms with E-state index < -0.39 is 72.2 Å². The fraction of sp³-hybridized carbons (Fsp3) is 0.155. The Morgan fingerprint density at radius 3 is 0.724 bits per heavy atom. The minimum atomic E-state index is -4.30. The topological polar surface area (TPSA) is 260 Å². The van der Waals surface area contributed by atoms with Gasteiger partial charge in [-0.1, -0.05) is 123 Å². The van der Waals surface area contributed by atoms with Gasteiger partial charge in [0.05, 0.1) is 59.0 Å². The number of aromatic nitrogens is 9. The highest BCUT2D eigenvalue weighted by Crippen LogP contribution is 2.51. The van der Waals surface area contributed by atoms with Crippen molar-refractivity contribution in [2.45, 2.75) is 81.4 Å². The SMILES string of the molecule is CC(C)Oc1ccc(P(=O)(c2ccc(OC(C)C)cc2)c2c(F)ccc(-c3nc(Oc4ccccc4)nc(Oc4ccccc4)n3)c2F)cc1.CCP(=O)(CC)c1c(F)ccc(-c2nc(Oc3ccccc3)nc(Oc3ccccc3)n2)c1F.COc1c(C)cc(P(=O)(c2cc(C)c(OC)c(C)c2)c2c(F)ccc(-c3nc(Oc4ccccc4)nc(Oc4ccccc4)n3)c2F)cc1C. The van der Waals surface area contributed by atoms with E-state index >= 15 is 31.1 Å². The number of hydrogen-bond donors (Lipinski definition) is 0. The zero-order valence-electron chi connectivity index (χ0n) is 74.7. The van der Waals surface area contributed by atoms with Crippen molar-refractivity contribution in [3.63, 3.8) is 0 Å². The highest BCUT2D eigenvalue weighted by molar-refractivity contribution is 7.85. The monoisotopic (exact) mass is 1870 g/mol. The van der Waals surface area contributed by atoms with E-state index in [0.717, 1.165) is 18.2 Å².